The van der Waals surface area contributed by atoms with Crippen molar-refractivity contribution < 1.29 is 4.79 Å². The number of nitrogens with one attached hydrogen (secondary N) is 1. The molecule has 0 unspecified atom stereocenters. The maximum atomic E-state index is 10.2. The molecule has 3 heteroatoms. The van der Waals surface area contributed by atoms with Crippen LogP contribution >= 0.6 is 0 Å². The summed E-state index contributed by atoms with van der Waals surface area (Å²) in [7, 11) is 0. The highest BCUT2D eigenvalue weighted by Crippen LogP contribution is 2.24. The van der Waals surface area contributed by atoms with E-state index in [4.69, 9.17) is 5.73 Å². The Balaban J connectivity index is 2.50. The molecule has 0 spiro atoms. The molecule has 0 fully saturated rings. The zero-order valence-corrected chi connectivity index (χ0v) is 8.23. The number of carbonyl (C=O) groups excluding carboxylic acids is 1. The van der Waals surface area contributed by atoms with Gasteiger partial charge in [0.2, 0.25) is 6.41 Å². The van der Waals surface area contributed by atoms with E-state index in [0.29, 0.717) is 13.0 Å². The molecular weight excluding hydrogens is 188 g/mol. The van der Waals surface area contributed by atoms with Crippen molar-refractivity contribution in [2.45, 2.75) is 6.54 Å². The van der Waals surface area contributed by atoms with Gasteiger partial charge in [0.15, 0.2) is 0 Å². The predicted molar refractivity (Wildman–Crippen MR) is 61.3 cm³/mol. The standard InChI is InChI=1S/C12H12N2O/c13-12-10(7-14-8-15)6-5-9-3-1-2-4-11(9)12/h1-6,8H,7,13H2,(H,14,15). The van der Waals surface area contributed by atoms with Crippen LogP contribution < -0.4 is 11.1 Å². The largest absolute Gasteiger partial charge is 0.398 e. The van der Waals surface area contributed by atoms with Gasteiger partial charge in [-0.25, -0.2) is 0 Å². The first kappa shape index (κ1) is 9.52. The van der Waals surface area contributed by atoms with Crippen LogP contribution in [-0.2, 0) is 11.3 Å². The van der Waals surface area contributed by atoms with E-state index < -0.39 is 0 Å². The monoisotopic (exact) mass is 200 g/mol. The van der Waals surface area contributed by atoms with Gasteiger partial charge in [-0.2, -0.15) is 0 Å². The number of nitrogen functional groups attached to an aromatic ring is 1. The number of benzene rings is 2. The van der Waals surface area contributed by atoms with Crippen molar-refractivity contribution in [2.24, 2.45) is 0 Å². The minimum Gasteiger partial charge on any atom is -0.398 e. The van der Waals surface area contributed by atoms with Crippen molar-refractivity contribution in [2.75, 3.05) is 5.73 Å². The van der Waals surface area contributed by atoms with Crippen LogP contribution in [0.15, 0.2) is 36.4 Å². The first-order valence-electron chi connectivity index (χ1n) is 4.76. The Hall–Kier alpha value is -2.03. The first-order chi connectivity index (χ1) is 7.33. The van der Waals surface area contributed by atoms with E-state index in [1.807, 2.05) is 36.4 Å². The number of hydrogen-bond acceptors (Lipinski definition) is 2. The molecule has 3 nitrogen and oxygen atoms in total. The van der Waals surface area contributed by atoms with Crippen LogP contribution in [0.3, 0.4) is 0 Å². The van der Waals surface area contributed by atoms with Gasteiger partial charge in [-0.1, -0.05) is 36.4 Å². The second-order valence-corrected chi connectivity index (χ2v) is 3.36. The number of hydrogen-bond donors (Lipinski definition) is 2. The van der Waals surface area contributed by atoms with Crippen LogP contribution in [0.1, 0.15) is 5.56 Å². The van der Waals surface area contributed by atoms with Gasteiger partial charge in [0.1, 0.15) is 0 Å². The molecule has 0 saturated heterocycles. The van der Waals surface area contributed by atoms with Gasteiger partial charge in [0.25, 0.3) is 0 Å². The fraction of sp³-hybridized carbons (Fsp3) is 0.0833. The van der Waals surface area contributed by atoms with Gasteiger partial charge in [0.05, 0.1) is 0 Å². The van der Waals surface area contributed by atoms with Gasteiger partial charge in [-0.3, -0.25) is 4.79 Å². The minimum absolute atomic E-state index is 0.472. The van der Waals surface area contributed by atoms with Gasteiger partial charge >= 0.3 is 0 Å². The topological polar surface area (TPSA) is 55.1 Å². The number of amides is 1. The summed E-state index contributed by atoms with van der Waals surface area (Å²) in [4.78, 5) is 10.2. The Morgan fingerprint density at radius 2 is 2.00 bits per heavy atom. The molecular formula is C12H12N2O. The van der Waals surface area contributed by atoms with Crippen LogP contribution in [0.5, 0.6) is 0 Å². The molecule has 2 rings (SSSR count). The number of carbonyl (C=O) groups is 1. The molecule has 0 aliphatic carbocycles. The highest BCUT2D eigenvalue weighted by molar-refractivity contribution is 5.94. The summed E-state index contributed by atoms with van der Waals surface area (Å²) in [6.45, 7) is 0.472. The third kappa shape index (κ3) is 1.76. The molecule has 0 saturated carbocycles. The quantitative estimate of drug-likeness (QED) is 0.585. The summed E-state index contributed by atoms with van der Waals surface area (Å²) in [5, 5.41) is 4.76. The van der Waals surface area contributed by atoms with Crippen LogP contribution in [0.2, 0.25) is 0 Å². The molecule has 3 N–H and O–H groups in total. The number of rotatable bonds is 3. The summed E-state index contributed by atoms with van der Waals surface area (Å²) in [6.07, 6.45) is 0.675. The Morgan fingerprint density at radius 3 is 2.80 bits per heavy atom. The van der Waals surface area contributed by atoms with Gasteiger partial charge in [-0.15, -0.1) is 0 Å². The molecule has 2 aromatic carbocycles. The summed E-state index contributed by atoms with van der Waals surface area (Å²) < 4.78 is 0. The maximum Gasteiger partial charge on any atom is 0.207 e. The third-order valence-corrected chi connectivity index (χ3v) is 2.44. The molecule has 0 aliphatic heterocycles. The molecule has 76 valence electrons. The lowest BCUT2D eigenvalue weighted by Gasteiger charge is -2.08. The summed E-state index contributed by atoms with van der Waals surface area (Å²) in [5.74, 6) is 0. The molecule has 0 aromatic heterocycles. The fourth-order valence-electron chi connectivity index (χ4n) is 1.65. The van der Waals surface area contributed by atoms with Crippen molar-refractivity contribution in [1.82, 2.24) is 5.32 Å². The lowest BCUT2D eigenvalue weighted by Crippen LogP contribution is -2.11. The van der Waals surface area contributed by atoms with E-state index in [1.54, 1.807) is 0 Å². The highest BCUT2D eigenvalue weighted by atomic mass is 16.1. The normalized spacial score (nSPS) is 10.1. The minimum atomic E-state index is 0.472. The summed E-state index contributed by atoms with van der Waals surface area (Å²) >= 11 is 0. The van der Waals surface area contributed by atoms with Crippen LogP contribution in [0.25, 0.3) is 10.8 Å². The molecule has 0 radical (unpaired) electrons. The number of nitrogens with two attached hydrogens (primary N) is 1. The van der Waals surface area contributed by atoms with Gasteiger partial charge < -0.3 is 11.1 Å². The molecule has 0 atom stereocenters. The third-order valence-electron chi connectivity index (χ3n) is 2.44. The molecule has 15 heavy (non-hydrogen) atoms. The first-order valence-corrected chi connectivity index (χ1v) is 4.76. The number of fused-ring (bicyclic) bond motifs is 1. The van der Waals surface area contributed by atoms with Crippen molar-refractivity contribution in [3.8, 4) is 0 Å². The lowest BCUT2D eigenvalue weighted by molar-refractivity contribution is -0.109. The average molecular weight is 200 g/mol. The highest BCUT2D eigenvalue weighted by Gasteiger charge is 2.02. The average Bonchev–Trinajstić information content (AvgIpc) is 2.29. The maximum absolute atomic E-state index is 10.2. The van der Waals surface area contributed by atoms with Crippen molar-refractivity contribution in [1.29, 1.82) is 0 Å². The summed E-state index contributed by atoms with van der Waals surface area (Å²) in [5.41, 5.74) is 7.69. The Morgan fingerprint density at radius 1 is 1.20 bits per heavy atom. The van der Waals surface area contributed by atoms with Crippen molar-refractivity contribution in [3.63, 3.8) is 0 Å². The predicted octanol–water partition coefficient (Wildman–Crippen LogP) is 1.67. The van der Waals surface area contributed by atoms with E-state index in [1.165, 1.54) is 0 Å². The van der Waals surface area contributed by atoms with Crippen molar-refractivity contribution in [3.05, 3.63) is 42.0 Å². The van der Waals surface area contributed by atoms with E-state index in [-0.39, 0.29) is 0 Å². The van der Waals surface area contributed by atoms with E-state index in [2.05, 4.69) is 5.32 Å². The second kappa shape index (κ2) is 4.00. The molecule has 0 heterocycles. The van der Waals surface area contributed by atoms with Crippen LogP contribution in [0, 0.1) is 0 Å². The Labute approximate surface area is 87.9 Å². The Bertz CT molecular complexity index is 494. The Kier molecular flexibility index (Phi) is 2.54. The molecule has 1 amide bonds. The summed E-state index contributed by atoms with van der Waals surface area (Å²) in [6, 6.07) is 11.9. The van der Waals surface area contributed by atoms with E-state index in [0.717, 1.165) is 22.0 Å². The lowest BCUT2D eigenvalue weighted by atomic mass is 10.0. The molecule has 2 aromatic rings. The van der Waals surface area contributed by atoms with Gasteiger partial charge in [-0.05, 0) is 10.9 Å². The van der Waals surface area contributed by atoms with E-state index in [9.17, 15) is 4.79 Å². The van der Waals surface area contributed by atoms with E-state index >= 15 is 0 Å². The zero-order chi connectivity index (χ0) is 10.7. The van der Waals surface area contributed by atoms with Crippen LogP contribution in [-0.4, -0.2) is 6.41 Å². The van der Waals surface area contributed by atoms with Crippen LogP contribution in [0.4, 0.5) is 5.69 Å². The zero-order valence-electron chi connectivity index (χ0n) is 8.23. The smallest absolute Gasteiger partial charge is 0.207 e. The molecule has 0 bridgehead atoms. The van der Waals surface area contributed by atoms with Crippen molar-refractivity contribution >= 4 is 22.9 Å². The number of anilines is 1. The van der Waals surface area contributed by atoms with Gasteiger partial charge in [0, 0.05) is 17.6 Å². The fourth-order valence-corrected chi connectivity index (χ4v) is 1.65. The SMILES string of the molecule is Nc1c(CNC=O)ccc2ccccc12. The second-order valence-electron chi connectivity index (χ2n) is 3.36. The molecule has 0 aliphatic rings.